The summed E-state index contributed by atoms with van der Waals surface area (Å²) in [6.07, 6.45) is 6.79. The Kier molecular flexibility index (Phi) is 3.39. The Bertz CT molecular complexity index is 492. The van der Waals surface area contributed by atoms with E-state index >= 15 is 0 Å². The van der Waals surface area contributed by atoms with Crippen LogP contribution in [0.25, 0.3) is 0 Å². The summed E-state index contributed by atoms with van der Waals surface area (Å²) in [7, 11) is 0. The van der Waals surface area contributed by atoms with Crippen LogP contribution in [0.4, 0.5) is 0 Å². The van der Waals surface area contributed by atoms with Gasteiger partial charge in [0.05, 0.1) is 17.7 Å². The van der Waals surface area contributed by atoms with Crippen LogP contribution in [0.1, 0.15) is 53.4 Å². The van der Waals surface area contributed by atoms with Gasteiger partial charge in [-0.25, -0.2) is 0 Å². The Hall–Kier alpha value is -0.870. The van der Waals surface area contributed by atoms with E-state index in [1.807, 2.05) is 12.3 Å². The Balaban J connectivity index is 1.78. The molecule has 4 heteroatoms. The molecule has 1 aromatic rings. The molecule has 1 amide bonds. The molecule has 1 fully saturated rings. The van der Waals surface area contributed by atoms with Crippen molar-refractivity contribution < 1.29 is 9.90 Å². The molecule has 0 radical (unpaired) electrons. The summed E-state index contributed by atoms with van der Waals surface area (Å²) in [5, 5.41) is 14.6. The Morgan fingerprint density at radius 2 is 2.21 bits per heavy atom. The Labute approximate surface area is 118 Å². The van der Waals surface area contributed by atoms with E-state index in [4.69, 9.17) is 0 Å². The fourth-order valence-electron chi connectivity index (χ4n) is 3.00. The molecular formula is C15H21NO2S. The lowest BCUT2D eigenvalue weighted by Crippen LogP contribution is -2.50. The quantitative estimate of drug-likeness (QED) is 0.889. The zero-order valence-electron chi connectivity index (χ0n) is 11.4. The molecule has 1 aromatic heterocycles. The lowest BCUT2D eigenvalue weighted by Gasteiger charge is -2.29. The van der Waals surface area contributed by atoms with E-state index in [0.29, 0.717) is 5.92 Å². The highest BCUT2D eigenvalue weighted by molar-refractivity contribution is 7.10. The monoisotopic (exact) mass is 279 g/mol. The number of hydrogen-bond acceptors (Lipinski definition) is 3. The summed E-state index contributed by atoms with van der Waals surface area (Å²) in [4.78, 5) is 13.9. The molecule has 19 heavy (non-hydrogen) atoms. The van der Waals surface area contributed by atoms with Crippen molar-refractivity contribution in [3.8, 4) is 0 Å². The largest absolute Gasteiger partial charge is 0.394 e. The molecule has 0 bridgehead atoms. The summed E-state index contributed by atoms with van der Waals surface area (Å²) in [5.41, 5.74) is 1.66. The van der Waals surface area contributed by atoms with Crippen molar-refractivity contribution >= 4 is 17.2 Å². The number of carbonyl (C=O) groups excluding carboxylic acids is 1. The highest BCUT2D eigenvalue weighted by Crippen LogP contribution is 2.39. The lowest BCUT2D eigenvalue weighted by atomic mass is 9.93. The van der Waals surface area contributed by atoms with Crippen molar-refractivity contribution in [2.45, 2.75) is 51.0 Å². The molecule has 1 heterocycles. The highest BCUT2D eigenvalue weighted by Gasteiger charge is 2.42. The third-order valence-electron chi connectivity index (χ3n) is 4.51. The summed E-state index contributed by atoms with van der Waals surface area (Å²) < 4.78 is 0. The molecule has 3 rings (SSSR count). The fraction of sp³-hybridized carbons (Fsp3) is 0.667. The second-order valence-electron chi connectivity index (χ2n) is 6.06. The smallest absolute Gasteiger partial charge is 0.252 e. The fourth-order valence-corrected chi connectivity index (χ4v) is 4.13. The molecule has 0 spiro atoms. The van der Waals surface area contributed by atoms with Gasteiger partial charge in [0.25, 0.3) is 5.91 Å². The maximum absolute atomic E-state index is 12.5. The van der Waals surface area contributed by atoms with Gasteiger partial charge in [0.1, 0.15) is 0 Å². The van der Waals surface area contributed by atoms with Crippen molar-refractivity contribution in [2.75, 3.05) is 6.61 Å². The zero-order valence-corrected chi connectivity index (χ0v) is 12.2. The van der Waals surface area contributed by atoms with Gasteiger partial charge >= 0.3 is 0 Å². The van der Waals surface area contributed by atoms with E-state index < -0.39 is 5.54 Å². The summed E-state index contributed by atoms with van der Waals surface area (Å²) >= 11 is 1.71. The summed E-state index contributed by atoms with van der Waals surface area (Å²) in [6.45, 7) is 1.98. The van der Waals surface area contributed by atoms with Crippen LogP contribution in [0.15, 0.2) is 5.38 Å². The number of aliphatic hydroxyl groups excluding tert-OH is 1. The molecule has 2 N–H and O–H groups in total. The van der Waals surface area contributed by atoms with E-state index in [1.54, 1.807) is 11.3 Å². The predicted molar refractivity (Wildman–Crippen MR) is 76.6 cm³/mol. The van der Waals surface area contributed by atoms with Crippen molar-refractivity contribution in [2.24, 2.45) is 5.92 Å². The number of aliphatic hydroxyl groups is 1. The van der Waals surface area contributed by atoms with Crippen molar-refractivity contribution in [1.29, 1.82) is 0 Å². The molecule has 0 aromatic carbocycles. The standard InChI is InChI=1S/C15H21NO2S/c1-15(9-17,10-6-7-10)16-14(18)12-8-19-13-5-3-2-4-11(12)13/h8,10,17H,2-7,9H2,1H3,(H,16,18). The van der Waals surface area contributed by atoms with Crippen molar-refractivity contribution in [3.63, 3.8) is 0 Å². The second kappa shape index (κ2) is 4.91. The van der Waals surface area contributed by atoms with Gasteiger partial charge in [0.15, 0.2) is 0 Å². The second-order valence-corrected chi connectivity index (χ2v) is 7.03. The summed E-state index contributed by atoms with van der Waals surface area (Å²) in [5.74, 6) is 0.443. The van der Waals surface area contributed by atoms with E-state index in [9.17, 15) is 9.90 Å². The molecule has 1 unspecified atom stereocenters. The number of rotatable bonds is 4. The number of thiophene rings is 1. The molecule has 1 atom stereocenters. The number of amides is 1. The third-order valence-corrected chi connectivity index (χ3v) is 5.60. The van der Waals surface area contributed by atoms with Gasteiger partial charge < -0.3 is 10.4 Å². The van der Waals surface area contributed by atoms with Crippen molar-refractivity contribution in [1.82, 2.24) is 5.32 Å². The third kappa shape index (κ3) is 2.43. The molecule has 2 aliphatic carbocycles. The van der Waals surface area contributed by atoms with Gasteiger partial charge in [0, 0.05) is 10.3 Å². The minimum absolute atomic E-state index is 0.00264. The van der Waals surface area contributed by atoms with E-state index in [2.05, 4.69) is 5.32 Å². The molecule has 1 saturated carbocycles. The van der Waals surface area contributed by atoms with Crippen LogP contribution < -0.4 is 5.32 Å². The SMILES string of the molecule is CC(CO)(NC(=O)c1csc2c1CCCC2)C1CC1. The first kappa shape index (κ1) is 13.1. The van der Waals surface area contributed by atoms with Crippen LogP contribution in [0.3, 0.4) is 0 Å². The van der Waals surface area contributed by atoms with Gasteiger partial charge in [0.2, 0.25) is 0 Å². The highest BCUT2D eigenvalue weighted by atomic mass is 32.1. The number of fused-ring (bicyclic) bond motifs is 1. The number of hydrogen-bond donors (Lipinski definition) is 2. The van der Waals surface area contributed by atoms with Gasteiger partial charge in [-0.3, -0.25) is 4.79 Å². The number of aryl methyl sites for hydroxylation is 1. The molecular weight excluding hydrogens is 258 g/mol. The average molecular weight is 279 g/mol. The number of nitrogens with one attached hydrogen (secondary N) is 1. The normalized spacial score (nSPS) is 21.6. The molecule has 0 aliphatic heterocycles. The molecule has 2 aliphatic rings. The molecule has 0 saturated heterocycles. The van der Waals surface area contributed by atoms with Gasteiger partial charge in [-0.05, 0) is 56.9 Å². The average Bonchev–Trinajstić information content (AvgIpc) is 3.19. The minimum Gasteiger partial charge on any atom is -0.394 e. The van der Waals surface area contributed by atoms with Crippen LogP contribution >= 0.6 is 11.3 Å². The van der Waals surface area contributed by atoms with Gasteiger partial charge in [-0.2, -0.15) is 0 Å². The molecule has 3 nitrogen and oxygen atoms in total. The van der Waals surface area contributed by atoms with Crippen LogP contribution in [0.2, 0.25) is 0 Å². The van der Waals surface area contributed by atoms with Gasteiger partial charge in [-0.15, -0.1) is 11.3 Å². The molecule has 104 valence electrons. The summed E-state index contributed by atoms with van der Waals surface area (Å²) in [6, 6.07) is 0. The maximum Gasteiger partial charge on any atom is 0.252 e. The first-order chi connectivity index (χ1) is 9.14. The van der Waals surface area contributed by atoms with Crippen LogP contribution in [-0.2, 0) is 12.8 Å². The van der Waals surface area contributed by atoms with Crippen LogP contribution in [0.5, 0.6) is 0 Å². The van der Waals surface area contributed by atoms with Crippen molar-refractivity contribution in [3.05, 3.63) is 21.4 Å². The minimum atomic E-state index is -0.444. The first-order valence-corrected chi connectivity index (χ1v) is 8.04. The Morgan fingerprint density at radius 1 is 1.47 bits per heavy atom. The van der Waals surface area contributed by atoms with E-state index in [0.717, 1.165) is 31.2 Å². The van der Waals surface area contributed by atoms with Gasteiger partial charge in [-0.1, -0.05) is 0 Å². The van der Waals surface area contributed by atoms with E-state index in [-0.39, 0.29) is 12.5 Å². The predicted octanol–water partition coefficient (Wildman–Crippen LogP) is 2.52. The Morgan fingerprint density at radius 3 is 2.89 bits per heavy atom. The van der Waals surface area contributed by atoms with Crippen LogP contribution in [-0.4, -0.2) is 23.2 Å². The maximum atomic E-state index is 12.5. The lowest BCUT2D eigenvalue weighted by molar-refractivity contribution is 0.0824. The number of carbonyl (C=O) groups is 1. The topological polar surface area (TPSA) is 49.3 Å². The zero-order chi connectivity index (χ0) is 13.5. The first-order valence-electron chi connectivity index (χ1n) is 7.16. The van der Waals surface area contributed by atoms with E-state index in [1.165, 1.54) is 23.3 Å². The van der Waals surface area contributed by atoms with Crippen LogP contribution in [0, 0.1) is 5.92 Å².